The van der Waals surface area contributed by atoms with E-state index in [4.69, 9.17) is 4.74 Å². The fraction of sp³-hybridized carbons (Fsp3) is 0.667. The summed E-state index contributed by atoms with van der Waals surface area (Å²) in [6.07, 6.45) is 2.52. The van der Waals surface area contributed by atoms with Gasteiger partial charge in [0.2, 0.25) is 0 Å². The molecule has 1 saturated carbocycles. The van der Waals surface area contributed by atoms with E-state index in [9.17, 15) is 15.3 Å². The molecule has 2 aliphatic carbocycles. The number of aliphatic hydroxyl groups is 2. The van der Waals surface area contributed by atoms with Gasteiger partial charge in [-0.05, 0) is 43.2 Å². The Balaban J connectivity index is 2.05. The van der Waals surface area contributed by atoms with E-state index in [2.05, 4.69) is 13.8 Å². The Morgan fingerprint density at radius 3 is 2.86 bits per heavy atom. The number of phenolic OH excluding ortho intramolecular Hbond substituents is 1. The van der Waals surface area contributed by atoms with E-state index in [-0.39, 0.29) is 11.7 Å². The average molecular weight is 304 g/mol. The summed E-state index contributed by atoms with van der Waals surface area (Å²) in [4.78, 5) is 0. The minimum Gasteiger partial charge on any atom is -0.504 e. The maximum atomic E-state index is 11.6. The Hall–Kier alpha value is -1.26. The second-order valence-electron chi connectivity index (χ2n) is 7.34. The molecule has 1 aromatic rings. The van der Waals surface area contributed by atoms with Crippen LogP contribution in [0.2, 0.25) is 0 Å². The summed E-state index contributed by atoms with van der Waals surface area (Å²) in [6, 6.07) is 3.63. The average Bonchev–Trinajstić information content (AvgIpc) is 2.84. The van der Waals surface area contributed by atoms with Gasteiger partial charge in [0.1, 0.15) is 6.10 Å². The van der Waals surface area contributed by atoms with Gasteiger partial charge < -0.3 is 20.1 Å². The minimum atomic E-state index is -0.876. The van der Waals surface area contributed by atoms with Crippen LogP contribution in [-0.4, -0.2) is 33.1 Å². The first-order valence-electron chi connectivity index (χ1n) is 8.38. The van der Waals surface area contributed by atoms with Crippen molar-refractivity contribution in [2.75, 3.05) is 0 Å². The summed E-state index contributed by atoms with van der Waals surface area (Å²) in [5, 5.41) is 32.4. The number of aromatic hydroxyl groups is 1. The van der Waals surface area contributed by atoms with Crippen LogP contribution >= 0.6 is 0 Å². The third-order valence-electron chi connectivity index (χ3n) is 6.33. The van der Waals surface area contributed by atoms with Gasteiger partial charge in [0.25, 0.3) is 0 Å². The van der Waals surface area contributed by atoms with E-state index in [1.807, 2.05) is 6.07 Å². The van der Waals surface area contributed by atoms with E-state index >= 15 is 0 Å². The van der Waals surface area contributed by atoms with Crippen molar-refractivity contribution >= 4 is 0 Å². The predicted octanol–water partition coefficient (Wildman–Crippen LogP) is 2.27. The van der Waals surface area contributed by atoms with Gasteiger partial charge in [-0.15, -0.1) is 0 Å². The predicted molar refractivity (Wildman–Crippen MR) is 82.2 cm³/mol. The summed E-state index contributed by atoms with van der Waals surface area (Å²) in [5.41, 5.74) is 0.633. The fourth-order valence-corrected chi connectivity index (χ4v) is 5.44. The molecule has 0 bridgehead atoms. The molecule has 0 aromatic heterocycles. The number of aliphatic hydroxyl groups excluding tert-OH is 1. The van der Waals surface area contributed by atoms with E-state index < -0.39 is 23.2 Å². The van der Waals surface area contributed by atoms with Crippen molar-refractivity contribution in [1.82, 2.24) is 0 Å². The van der Waals surface area contributed by atoms with Crippen LogP contribution in [0.4, 0.5) is 0 Å². The van der Waals surface area contributed by atoms with E-state index in [1.54, 1.807) is 6.07 Å². The Morgan fingerprint density at radius 1 is 1.36 bits per heavy atom. The maximum absolute atomic E-state index is 11.6. The lowest BCUT2D eigenvalue weighted by Gasteiger charge is -2.57. The molecular weight excluding hydrogens is 280 g/mol. The first kappa shape index (κ1) is 14.3. The number of benzene rings is 1. The molecule has 5 atom stereocenters. The van der Waals surface area contributed by atoms with Crippen LogP contribution < -0.4 is 4.74 Å². The highest BCUT2D eigenvalue weighted by Gasteiger charge is 2.69. The van der Waals surface area contributed by atoms with Crippen molar-refractivity contribution in [2.45, 2.75) is 69.2 Å². The third-order valence-corrected chi connectivity index (χ3v) is 6.33. The molecule has 1 unspecified atom stereocenters. The zero-order valence-corrected chi connectivity index (χ0v) is 13.2. The molecule has 22 heavy (non-hydrogen) atoms. The first-order valence-corrected chi connectivity index (χ1v) is 8.38. The fourth-order valence-electron chi connectivity index (χ4n) is 5.44. The van der Waals surface area contributed by atoms with Crippen molar-refractivity contribution in [2.24, 2.45) is 5.92 Å². The summed E-state index contributed by atoms with van der Waals surface area (Å²) in [7, 11) is 0. The Labute approximate surface area is 130 Å². The highest BCUT2D eigenvalue weighted by atomic mass is 16.5. The van der Waals surface area contributed by atoms with Crippen LogP contribution in [0.15, 0.2) is 12.1 Å². The van der Waals surface area contributed by atoms with Crippen molar-refractivity contribution in [3.63, 3.8) is 0 Å². The maximum Gasteiger partial charge on any atom is 0.165 e. The first-order chi connectivity index (χ1) is 10.5. The molecule has 120 valence electrons. The Morgan fingerprint density at radius 2 is 2.14 bits per heavy atom. The van der Waals surface area contributed by atoms with Gasteiger partial charge in [-0.3, -0.25) is 0 Å². The minimum absolute atomic E-state index is 0.112. The van der Waals surface area contributed by atoms with Gasteiger partial charge in [0.05, 0.1) is 17.1 Å². The highest BCUT2D eigenvalue weighted by molar-refractivity contribution is 5.61. The van der Waals surface area contributed by atoms with Crippen LogP contribution in [0, 0.1) is 5.92 Å². The standard InChI is InChI=1S/C18H24O4/c1-3-7-17-14-11-4-5-12(19)15(14)22-16(17)13(20)6-8-18(17,21)10(2)9-11/h4-5,10,13,16,19-21H,3,6-9H2,1-2H3/t10-,13?,16+,17+,18-/m1/s1. The van der Waals surface area contributed by atoms with Crippen LogP contribution in [0.5, 0.6) is 11.5 Å². The molecule has 0 amide bonds. The zero-order chi connectivity index (χ0) is 15.7. The second-order valence-corrected chi connectivity index (χ2v) is 7.34. The molecule has 4 heteroatoms. The number of rotatable bonds is 2. The van der Waals surface area contributed by atoms with Gasteiger partial charge in [0.15, 0.2) is 11.5 Å². The molecule has 1 aromatic carbocycles. The van der Waals surface area contributed by atoms with Crippen LogP contribution in [-0.2, 0) is 11.8 Å². The van der Waals surface area contributed by atoms with Crippen LogP contribution in [0.1, 0.15) is 50.7 Å². The van der Waals surface area contributed by atoms with E-state index in [0.29, 0.717) is 18.6 Å². The number of phenols is 1. The number of ether oxygens (including phenoxy) is 1. The van der Waals surface area contributed by atoms with E-state index in [1.165, 1.54) is 0 Å². The molecular formula is C18H24O4. The lowest BCUT2D eigenvalue weighted by Crippen LogP contribution is -2.68. The van der Waals surface area contributed by atoms with Crippen molar-refractivity contribution < 1.29 is 20.1 Å². The van der Waals surface area contributed by atoms with Crippen LogP contribution in [0.25, 0.3) is 0 Å². The Bertz CT molecular complexity index is 628. The summed E-state index contributed by atoms with van der Waals surface area (Å²) in [6.45, 7) is 4.19. The summed E-state index contributed by atoms with van der Waals surface area (Å²) >= 11 is 0. The molecule has 1 fully saturated rings. The van der Waals surface area contributed by atoms with Gasteiger partial charge in [-0.2, -0.15) is 0 Å². The second kappa shape index (κ2) is 4.39. The number of hydrogen-bond donors (Lipinski definition) is 3. The molecule has 0 spiro atoms. The quantitative estimate of drug-likeness (QED) is 0.784. The monoisotopic (exact) mass is 304 g/mol. The van der Waals surface area contributed by atoms with Crippen molar-refractivity contribution in [3.8, 4) is 11.5 Å². The highest BCUT2D eigenvalue weighted by Crippen LogP contribution is 2.64. The third kappa shape index (κ3) is 1.41. The summed E-state index contributed by atoms with van der Waals surface area (Å²) < 4.78 is 6.05. The lowest BCUT2D eigenvalue weighted by molar-refractivity contribution is -0.177. The van der Waals surface area contributed by atoms with Gasteiger partial charge in [0, 0.05) is 5.56 Å². The Kier molecular flexibility index (Phi) is 2.86. The molecule has 0 radical (unpaired) electrons. The molecule has 1 aliphatic heterocycles. The molecule has 0 saturated heterocycles. The van der Waals surface area contributed by atoms with Crippen molar-refractivity contribution in [3.05, 3.63) is 23.3 Å². The normalized spacial score (nSPS) is 41.9. The smallest absolute Gasteiger partial charge is 0.165 e. The molecule has 4 nitrogen and oxygen atoms in total. The molecule has 3 N–H and O–H groups in total. The van der Waals surface area contributed by atoms with Crippen LogP contribution in [0.3, 0.4) is 0 Å². The van der Waals surface area contributed by atoms with Gasteiger partial charge in [-0.25, -0.2) is 0 Å². The molecule has 4 rings (SSSR count). The van der Waals surface area contributed by atoms with Gasteiger partial charge in [-0.1, -0.05) is 26.3 Å². The largest absolute Gasteiger partial charge is 0.504 e. The van der Waals surface area contributed by atoms with Crippen molar-refractivity contribution in [1.29, 1.82) is 0 Å². The zero-order valence-electron chi connectivity index (χ0n) is 13.2. The molecule has 1 heterocycles. The van der Waals surface area contributed by atoms with Gasteiger partial charge >= 0.3 is 0 Å². The number of hydrogen-bond acceptors (Lipinski definition) is 4. The topological polar surface area (TPSA) is 69.9 Å². The SMILES string of the molecule is CCC[C@]12c3c4ccc(O)c3O[C@H]1C(O)CC[C@@]2(O)[C@H](C)C4. The summed E-state index contributed by atoms with van der Waals surface area (Å²) in [5.74, 6) is 0.718. The lowest BCUT2D eigenvalue weighted by atomic mass is 9.49. The van der Waals surface area contributed by atoms with E-state index in [0.717, 1.165) is 30.4 Å². The molecule has 3 aliphatic rings.